The number of hydrogen-bond donors (Lipinski definition) is 1. The van der Waals surface area contributed by atoms with Crippen LogP contribution in [0, 0.1) is 23.2 Å². The van der Waals surface area contributed by atoms with E-state index >= 15 is 0 Å². The van der Waals surface area contributed by atoms with Crippen LogP contribution in [-0.4, -0.2) is 78.2 Å². The molecule has 0 spiro atoms. The van der Waals surface area contributed by atoms with E-state index in [2.05, 4.69) is 15.1 Å². The van der Waals surface area contributed by atoms with Gasteiger partial charge in [-0.25, -0.2) is 0 Å². The van der Waals surface area contributed by atoms with Gasteiger partial charge >= 0.3 is 0 Å². The van der Waals surface area contributed by atoms with E-state index < -0.39 is 0 Å². The third kappa shape index (κ3) is 4.97. The van der Waals surface area contributed by atoms with Gasteiger partial charge in [0.15, 0.2) is 0 Å². The van der Waals surface area contributed by atoms with E-state index in [1.807, 2.05) is 19.9 Å². The van der Waals surface area contributed by atoms with Gasteiger partial charge in [0, 0.05) is 50.5 Å². The molecule has 0 unspecified atom stereocenters. The Labute approximate surface area is 209 Å². The summed E-state index contributed by atoms with van der Waals surface area (Å²) in [7, 11) is 0. The first-order valence-corrected chi connectivity index (χ1v) is 13.6. The zero-order valence-electron chi connectivity index (χ0n) is 21.3. The molecule has 6 rings (SSSR count). The number of benzene rings is 1. The second-order valence-corrected chi connectivity index (χ2v) is 11.4. The molecule has 7 nitrogen and oxygen atoms in total. The summed E-state index contributed by atoms with van der Waals surface area (Å²) in [5.41, 5.74) is 1.15. The number of nitrogens with zero attached hydrogens (tertiary/aromatic N) is 3. The molecule has 7 heteroatoms. The van der Waals surface area contributed by atoms with Crippen molar-refractivity contribution in [1.29, 1.82) is 0 Å². The maximum Gasteiger partial charge on any atom is 0.253 e. The Bertz CT molecular complexity index is 929. The molecule has 190 valence electrons. The van der Waals surface area contributed by atoms with Crippen molar-refractivity contribution in [2.75, 3.05) is 51.1 Å². The van der Waals surface area contributed by atoms with Crippen molar-refractivity contribution in [1.82, 2.24) is 14.7 Å². The van der Waals surface area contributed by atoms with Crippen molar-refractivity contribution >= 4 is 23.4 Å². The van der Waals surface area contributed by atoms with Crippen LogP contribution in [0.1, 0.15) is 62.7 Å². The van der Waals surface area contributed by atoms with Crippen LogP contribution in [0.3, 0.4) is 0 Å². The highest BCUT2D eigenvalue weighted by molar-refractivity contribution is 5.97. The SMILES string of the molecule is CCN(CC)C(=O)c1cccc(NC(=O)CN2CCN(C(=O)C34CC5CC(CC(C5)C3)C4)CC2)c1. The van der Waals surface area contributed by atoms with E-state index in [0.29, 0.717) is 49.9 Å². The summed E-state index contributed by atoms with van der Waals surface area (Å²) in [6.45, 7) is 8.41. The van der Waals surface area contributed by atoms with E-state index in [1.165, 1.54) is 19.3 Å². The lowest BCUT2D eigenvalue weighted by Crippen LogP contribution is -2.58. The highest BCUT2D eigenvalue weighted by Crippen LogP contribution is 2.60. The summed E-state index contributed by atoms with van der Waals surface area (Å²) in [6, 6.07) is 7.16. The predicted octanol–water partition coefficient (Wildman–Crippen LogP) is 3.47. The molecule has 0 aromatic heterocycles. The number of hydrogen-bond acceptors (Lipinski definition) is 4. The van der Waals surface area contributed by atoms with E-state index in [1.54, 1.807) is 23.1 Å². The van der Waals surface area contributed by atoms with Gasteiger partial charge in [-0.05, 0) is 88.3 Å². The van der Waals surface area contributed by atoms with Crippen LogP contribution in [-0.2, 0) is 9.59 Å². The molecule has 4 saturated carbocycles. The molecule has 3 amide bonds. The number of carbonyl (C=O) groups is 3. The summed E-state index contributed by atoms with van der Waals surface area (Å²) < 4.78 is 0. The first-order chi connectivity index (χ1) is 16.9. The van der Waals surface area contributed by atoms with E-state index in [4.69, 9.17) is 0 Å². The molecule has 1 aromatic rings. The molecule has 0 radical (unpaired) electrons. The smallest absolute Gasteiger partial charge is 0.253 e. The number of piperazine rings is 1. The Balaban J connectivity index is 1.12. The third-order valence-corrected chi connectivity index (χ3v) is 8.96. The van der Waals surface area contributed by atoms with Gasteiger partial charge in [-0.15, -0.1) is 0 Å². The van der Waals surface area contributed by atoms with Crippen LogP contribution in [0.15, 0.2) is 24.3 Å². The highest BCUT2D eigenvalue weighted by Gasteiger charge is 2.55. The largest absolute Gasteiger partial charge is 0.340 e. The zero-order valence-corrected chi connectivity index (χ0v) is 21.3. The molecule has 1 aromatic carbocycles. The topological polar surface area (TPSA) is 73.0 Å². The molecule has 1 saturated heterocycles. The molecule has 5 fully saturated rings. The summed E-state index contributed by atoms with van der Waals surface area (Å²) >= 11 is 0. The van der Waals surface area contributed by atoms with Crippen LogP contribution >= 0.6 is 0 Å². The van der Waals surface area contributed by atoms with Gasteiger partial charge in [-0.3, -0.25) is 19.3 Å². The van der Waals surface area contributed by atoms with Gasteiger partial charge in [0.1, 0.15) is 0 Å². The minimum Gasteiger partial charge on any atom is -0.340 e. The fourth-order valence-electron chi connectivity index (χ4n) is 7.64. The van der Waals surface area contributed by atoms with Gasteiger partial charge in [-0.1, -0.05) is 6.07 Å². The van der Waals surface area contributed by atoms with E-state index in [9.17, 15) is 14.4 Å². The van der Waals surface area contributed by atoms with Gasteiger partial charge in [0.05, 0.1) is 12.0 Å². The quantitative estimate of drug-likeness (QED) is 0.649. The predicted molar refractivity (Wildman–Crippen MR) is 136 cm³/mol. The van der Waals surface area contributed by atoms with Crippen molar-refractivity contribution in [3.63, 3.8) is 0 Å². The normalized spacial score (nSPS) is 29.8. The van der Waals surface area contributed by atoms with Crippen molar-refractivity contribution in [3.05, 3.63) is 29.8 Å². The lowest BCUT2D eigenvalue weighted by atomic mass is 9.49. The lowest BCUT2D eigenvalue weighted by Gasteiger charge is -2.57. The van der Waals surface area contributed by atoms with E-state index in [-0.39, 0.29) is 17.2 Å². The number of rotatable bonds is 7. The zero-order chi connectivity index (χ0) is 24.6. The first kappa shape index (κ1) is 24.3. The second-order valence-electron chi connectivity index (χ2n) is 11.4. The molecule has 1 heterocycles. The fraction of sp³-hybridized carbons (Fsp3) is 0.679. The number of nitrogens with one attached hydrogen (secondary N) is 1. The summed E-state index contributed by atoms with van der Waals surface area (Å²) in [6.07, 6.45) is 7.37. The molecule has 35 heavy (non-hydrogen) atoms. The van der Waals surface area contributed by atoms with Gasteiger partial charge in [0.25, 0.3) is 5.91 Å². The van der Waals surface area contributed by atoms with Crippen molar-refractivity contribution < 1.29 is 14.4 Å². The number of carbonyl (C=O) groups excluding carboxylic acids is 3. The Morgan fingerprint density at radius 3 is 2.11 bits per heavy atom. The van der Waals surface area contributed by atoms with Crippen LogP contribution in [0.5, 0.6) is 0 Å². The van der Waals surface area contributed by atoms with Crippen molar-refractivity contribution in [3.8, 4) is 0 Å². The average Bonchev–Trinajstić information content (AvgIpc) is 2.84. The molecule has 1 N–H and O–H groups in total. The summed E-state index contributed by atoms with van der Waals surface area (Å²) in [5, 5.41) is 2.95. The molecule has 1 aliphatic heterocycles. The Morgan fingerprint density at radius 1 is 0.943 bits per heavy atom. The summed E-state index contributed by atoms with van der Waals surface area (Å²) in [4.78, 5) is 44.9. The average molecular weight is 481 g/mol. The maximum absolute atomic E-state index is 13.6. The molecular formula is C28H40N4O3. The third-order valence-electron chi connectivity index (χ3n) is 8.96. The number of amides is 3. The second kappa shape index (κ2) is 9.92. The van der Waals surface area contributed by atoms with Crippen LogP contribution in [0.4, 0.5) is 5.69 Å². The monoisotopic (exact) mass is 480 g/mol. The Kier molecular flexibility index (Phi) is 6.88. The van der Waals surface area contributed by atoms with Crippen LogP contribution < -0.4 is 5.32 Å². The van der Waals surface area contributed by atoms with E-state index in [0.717, 1.165) is 50.1 Å². The molecule has 4 bridgehead atoms. The highest BCUT2D eigenvalue weighted by atomic mass is 16.2. The minimum absolute atomic E-state index is 0.0223. The number of anilines is 1. The van der Waals surface area contributed by atoms with Gasteiger partial charge < -0.3 is 15.1 Å². The van der Waals surface area contributed by atoms with Gasteiger partial charge in [-0.2, -0.15) is 0 Å². The molecule has 5 aliphatic rings. The van der Waals surface area contributed by atoms with Crippen molar-refractivity contribution in [2.24, 2.45) is 23.2 Å². The van der Waals surface area contributed by atoms with Gasteiger partial charge in [0.2, 0.25) is 11.8 Å². The molecule has 0 atom stereocenters. The van der Waals surface area contributed by atoms with Crippen LogP contribution in [0.2, 0.25) is 0 Å². The lowest BCUT2D eigenvalue weighted by molar-refractivity contribution is -0.159. The van der Waals surface area contributed by atoms with Crippen LogP contribution in [0.25, 0.3) is 0 Å². The Morgan fingerprint density at radius 2 is 1.54 bits per heavy atom. The standard InChI is InChI=1S/C28H40N4O3/c1-3-31(4-2)26(34)23-6-5-7-24(15-23)29-25(33)19-30-8-10-32(11-9-30)27(35)28-16-20-12-21(17-28)14-22(13-20)18-28/h5-7,15,20-22H,3-4,8-14,16-19H2,1-2H3,(H,29,33). The maximum atomic E-state index is 13.6. The Hall–Kier alpha value is -2.41. The van der Waals surface area contributed by atoms with Crippen molar-refractivity contribution in [2.45, 2.75) is 52.4 Å². The summed E-state index contributed by atoms with van der Waals surface area (Å²) in [5.74, 6) is 2.61. The minimum atomic E-state index is -0.0849. The first-order valence-electron chi connectivity index (χ1n) is 13.6. The molecule has 4 aliphatic carbocycles. The fourth-order valence-corrected chi connectivity index (χ4v) is 7.64. The molecular weight excluding hydrogens is 440 g/mol.